The minimum atomic E-state index is 0.471. The Hall–Kier alpha value is -1.51. The summed E-state index contributed by atoms with van der Waals surface area (Å²) in [6, 6.07) is 0. The molecule has 0 amide bonds. The van der Waals surface area contributed by atoms with Gasteiger partial charge in [-0.1, -0.05) is 13.8 Å². The summed E-state index contributed by atoms with van der Waals surface area (Å²) in [6.07, 6.45) is 0. The molecule has 2 heterocycles. The summed E-state index contributed by atoms with van der Waals surface area (Å²) in [5.41, 5.74) is 11.6. The van der Waals surface area contributed by atoms with Gasteiger partial charge in [-0.2, -0.15) is 0 Å². The van der Waals surface area contributed by atoms with E-state index in [4.69, 9.17) is 5.73 Å². The summed E-state index contributed by atoms with van der Waals surface area (Å²) in [7, 11) is 2.11. The van der Waals surface area contributed by atoms with Crippen LogP contribution in [0.3, 0.4) is 0 Å². The first-order chi connectivity index (χ1) is 7.86. The van der Waals surface area contributed by atoms with Crippen LogP contribution < -0.4 is 5.73 Å². The molecule has 2 rings (SSSR count). The summed E-state index contributed by atoms with van der Waals surface area (Å²) in [5, 5.41) is 2.42. The molecule has 0 aromatic carbocycles. The molecule has 0 bridgehead atoms. The van der Waals surface area contributed by atoms with Crippen LogP contribution in [0.4, 0.5) is 5.69 Å². The molecule has 0 saturated carbocycles. The highest BCUT2D eigenvalue weighted by atomic mass is 15.0. The number of rotatable bonds is 1. The average molecular weight is 231 g/mol. The summed E-state index contributed by atoms with van der Waals surface area (Å²) in [5.74, 6) is 0.471. The number of anilines is 1. The zero-order valence-corrected chi connectivity index (χ0v) is 11.5. The van der Waals surface area contributed by atoms with Crippen molar-refractivity contribution in [1.29, 1.82) is 0 Å². The van der Waals surface area contributed by atoms with Crippen LogP contribution in [0, 0.1) is 20.8 Å². The average Bonchev–Trinajstić information content (AvgIpc) is 2.50. The Labute approximate surface area is 103 Å². The summed E-state index contributed by atoms with van der Waals surface area (Å²) >= 11 is 0. The van der Waals surface area contributed by atoms with Crippen molar-refractivity contribution in [3.63, 3.8) is 0 Å². The second-order valence-corrected chi connectivity index (χ2v) is 5.13. The van der Waals surface area contributed by atoms with E-state index in [1.165, 1.54) is 22.2 Å². The maximum Gasteiger partial charge on any atom is 0.0628 e. The Morgan fingerprint density at radius 2 is 1.65 bits per heavy atom. The van der Waals surface area contributed by atoms with Gasteiger partial charge in [0.15, 0.2) is 0 Å². The van der Waals surface area contributed by atoms with Gasteiger partial charge in [-0.25, -0.2) is 0 Å². The maximum atomic E-state index is 6.19. The van der Waals surface area contributed by atoms with Gasteiger partial charge in [0.2, 0.25) is 0 Å². The van der Waals surface area contributed by atoms with Crippen LogP contribution in [0.5, 0.6) is 0 Å². The number of aromatic nitrogens is 2. The van der Waals surface area contributed by atoms with E-state index in [0.29, 0.717) is 5.92 Å². The normalized spacial score (nSPS) is 11.7. The SMILES string of the molecule is Cc1nc(C)c2c(C(C)C)n(C)c(C)c2c1N. The van der Waals surface area contributed by atoms with Crippen molar-refractivity contribution in [3.05, 3.63) is 22.8 Å². The molecule has 0 spiro atoms. The van der Waals surface area contributed by atoms with Gasteiger partial charge in [0.25, 0.3) is 0 Å². The first-order valence-electron chi connectivity index (χ1n) is 6.07. The molecule has 3 heteroatoms. The third-order valence-corrected chi connectivity index (χ3v) is 3.64. The van der Waals surface area contributed by atoms with Crippen LogP contribution in [0.2, 0.25) is 0 Å². The van der Waals surface area contributed by atoms with Crippen LogP contribution >= 0.6 is 0 Å². The number of hydrogen-bond donors (Lipinski definition) is 1. The lowest BCUT2D eigenvalue weighted by molar-refractivity contribution is 0.733. The summed E-state index contributed by atoms with van der Waals surface area (Å²) < 4.78 is 2.25. The number of nitrogens with two attached hydrogens (primary N) is 1. The molecule has 3 nitrogen and oxygen atoms in total. The van der Waals surface area contributed by atoms with Crippen molar-refractivity contribution in [2.75, 3.05) is 5.73 Å². The highest BCUT2D eigenvalue weighted by molar-refractivity contribution is 5.99. The molecule has 0 unspecified atom stereocenters. The Morgan fingerprint density at radius 1 is 1.06 bits per heavy atom. The molecular weight excluding hydrogens is 210 g/mol. The van der Waals surface area contributed by atoms with E-state index in [1.54, 1.807) is 0 Å². The summed E-state index contributed by atoms with van der Waals surface area (Å²) in [6.45, 7) is 10.6. The molecule has 17 heavy (non-hydrogen) atoms. The zero-order valence-electron chi connectivity index (χ0n) is 11.5. The highest BCUT2D eigenvalue weighted by Gasteiger charge is 2.19. The predicted molar refractivity (Wildman–Crippen MR) is 73.4 cm³/mol. The molecule has 0 aliphatic carbocycles. The second-order valence-electron chi connectivity index (χ2n) is 5.13. The van der Waals surface area contributed by atoms with Crippen LogP contribution in [0.25, 0.3) is 10.8 Å². The molecule has 2 aromatic heterocycles. The van der Waals surface area contributed by atoms with Crippen LogP contribution in [-0.2, 0) is 7.05 Å². The third-order valence-electron chi connectivity index (χ3n) is 3.64. The number of nitrogen functional groups attached to an aromatic ring is 1. The quantitative estimate of drug-likeness (QED) is 0.819. The van der Waals surface area contributed by atoms with Crippen molar-refractivity contribution in [2.24, 2.45) is 7.05 Å². The third kappa shape index (κ3) is 1.53. The minimum Gasteiger partial charge on any atom is -0.397 e. The molecule has 0 fully saturated rings. The molecule has 0 saturated heterocycles. The number of hydrogen-bond acceptors (Lipinski definition) is 2. The molecule has 92 valence electrons. The van der Waals surface area contributed by atoms with Crippen LogP contribution in [-0.4, -0.2) is 9.55 Å². The van der Waals surface area contributed by atoms with Crippen LogP contribution in [0.1, 0.15) is 42.5 Å². The van der Waals surface area contributed by atoms with E-state index in [0.717, 1.165) is 17.1 Å². The molecule has 2 N–H and O–H groups in total. The zero-order chi connectivity index (χ0) is 12.9. The van der Waals surface area contributed by atoms with Crippen molar-refractivity contribution < 1.29 is 0 Å². The van der Waals surface area contributed by atoms with Crippen LogP contribution in [0.15, 0.2) is 0 Å². The van der Waals surface area contributed by atoms with Gasteiger partial charge >= 0.3 is 0 Å². The number of aryl methyl sites for hydroxylation is 3. The van der Waals surface area contributed by atoms with Gasteiger partial charge in [-0.3, -0.25) is 4.98 Å². The van der Waals surface area contributed by atoms with E-state index in [-0.39, 0.29) is 0 Å². The Bertz CT molecular complexity index is 592. The Morgan fingerprint density at radius 3 is 2.18 bits per heavy atom. The first kappa shape index (κ1) is 12.0. The number of fused-ring (bicyclic) bond motifs is 1. The highest BCUT2D eigenvalue weighted by Crippen LogP contribution is 2.36. The fraction of sp³-hybridized carbons (Fsp3) is 0.500. The lowest BCUT2D eigenvalue weighted by Crippen LogP contribution is -2.00. The smallest absolute Gasteiger partial charge is 0.0628 e. The molecule has 0 aliphatic rings. The first-order valence-corrected chi connectivity index (χ1v) is 6.07. The maximum absolute atomic E-state index is 6.19. The fourth-order valence-electron chi connectivity index (χ4n) is 2.75. The monoisotopic (exact) mass is 231 g/mol. The minimum absolute atomic E-state index is 0.471. The van der Waals surface area contributed by atoms with Gasteiger partial charge in [0, 0.05) is 34.9 Å². The molecule has 0 aliphatic heterocycles. The largest absolute Gasteiger partial charge is 0.397 e. The second kappa shape index (κ2) is 3.76. The van der Waals surface area contributed by atoms with E-state index in [1.807, 2.05) is 6.92 Å². The van der Waals surface area contributed by atoms with Gasteiger partial charge < -0.3 is 10.3 Å². The van der Waals surface area contributed by atoms with Crippen molar-refractivity contribution >= 4 is 16.5 Å². The van der Waals surface area contributed by atoms with E-state index in [2.05, 4.69) is 44.3 Å². The van der Waals surface area contributed by atoms with Crippen molar-refractivity contribution in [1.82, 2.24) is 9.55 Å². The van der Waals surface area contributed by atoms with E-state index < -0.39 is 0 Å². The lowest BCUT2D eigenvalue weighted by atomic mass is 10.0. The lowest BCUT2D eigenvalue weighted by Gasteiger charge is -2.10. The standard InChI is InChI=1S/C14H21N3/c1-7(2)14-11-8(3)16-9(4)13(15)12(11)10(5)17(14)6/h7H,15H2,1-6H3. The molecular formula is C14H21N3. The Kier molecular flexibility index (Phi) is 2.64. The van der Waals surface area contributed by atoms with Gasteiger partial charge in [-0.15, -0.1) is 0 Å². The van der Waals surface area contributed by atoms with E-state index >= 15 is 0 Å². The molecule has 2 aromatic rings. The predicted octanol–water partition coefficient (Wildman–Crippen LogP) is 3.20. The van der Waals surface area contributed by atoms with Gasteiger partial charge in [-0.05, 0) is 26.7 Å². The molecule has 0 atom stereocenters. The van der Waals surface area contributed by atoms with Crippen molar-refractivity contribution in [3.8, 4) is 0 Å². The summed E-state index contributed by atoms with van der Waals surface area (Å²) in [4.78, 5) is 4.56. The Balaban J connectivity index is 3.05. The fourth-order valence-corrected chi connectivity index (χ4v) is 2.75. The van der Waals surface area contributed by atoms with Gasteiger partial charge in [0.05, 0.1) is 11.4 Å². The number of pyridine rings is 1. The van der Waals surface area contributed by atoms with E-state index in [9.17, 15) is 0 Å². The van der Waals surface area contributed by atoms with Gasteiger partial charge in [0.1, 0.15) is 0 Å². The number of nitrogens with zero attached hydrogens (tertiary/aromatic N) is 2. The van der Waals surface area contributed by atoms with Crippen molar-refractivity contribution in [2.45, 2.75) is 40.5 Å². The topological polar surface area (TPSA) is 43.8 Å². The molecule has 0 radical (unpaired) electrons.